The number of benzene rings is 1. The average Bonchev–Trinajstić information content (AvgIpc) is 2.88. The molecule has 102 valence electrons. The quantitative estimate of drug-likeness (QED) is 0.820. The van der Waals surface area contributed by atoms with Crippen LogP contribution in [0.15, 0.2) is 56.4 Å². The molecule has 0 saturated heterocycles. The van der Waals surface area contributed by atoms with Crippen LogP contribution in [0.25, 0.3) is 0 Å². The summed E-state index contributed by atoms with van der Waals surface area (Å²) in [6.45, 7) is 0.388. The van der Waals surface area contributed by atoms with Crippen molar-refractivity contribution >= 4 is 26.0 Å². The molecule has 2 rings (SSSR count). The zero-order valence-corrected chi connectivity index (χ0v) is 12.6. The molecule has 0 radical (unpaired) electrons. The van der Waals surface area contributed by atoms with Gasteiger partial charge in [-0.05, 0) is 42.8 Å². The zero-order valence-electron chi connectivity index (χ0n) is 10.2. The molecule has 4 nitrogen and oxygen atoms in total. The molecular formula is C13H14BrNO3S. The van der Waals surface area contributed by atoms with Gasteiger partial charge in [-0.2, -0.15) is 0 Å². The van der Waals surface area contributed by atoms with Crippen molar-refractivity contribution in [1.82, 2.24) is 4.72 Å². The van der Waals surface area contributed by atoms with Gasteiger partial charge in [-0.25, -0.2) is 13.1 Å². The summed E-state index contributed by atoms with van der Waals surface area (Å²) in [5.74, 6) is 0.864. The van der Waals surface area contributed by atoms with Crippen LogP contribution in [0.4, 0.5) is 0 Å². The Morgan fingerprint density at radius 3 is 2.53 bits per heavy atom. The van der Waals surface area contributed by atoms with Gasteiger partial charge in [0.2, 0.25) is 10.0 Å². The SMILES string of the molecule is O=S(=O)(NCCCc1ccco1)c1ccc(Br)cc1. The smallest absolute Gasteiger partial charge is 0.240 e. The van der Waals surface area contributed by atoms with Gasteiger partial charge in [0.1, 0.15) is 5.76 Å². The Labute approximate surface area is 121 Å². The van der Waals surface area contributed by atoms with Crippen LogP contribution in [-0.4, -0.2) is 15.0 Å². The van der Waals surface area contributed by atoms with Gasteiger partial charge in [-0.3, -0.25) is 0 Å². The molecule has 6 heteroatoms. The summed E-state index contributed by atoms with van der Waals surface area (Å²) in [5.41, 5.74) is 0. The number of nitrogens with one attached hydrogen (secondary N) is 1. The van der Waals surface area contributed by atoms with E-state index >= 15 is 0 Å². The summed E-state index contributed by atoms with van der Waals surface area (Å²) < 4.78 is 32.5. The summed E-state index contributed by atoms with van der Waals surface area (Å²) in [5, 5.41) is 0. The number of furan rings is 1. The van der Waals surface area contributed by atoms with E-state index in [1.54, 1.807) is 30.5 Å². The molecule has 0 aliphatic rings. The Balaban J connectivity index is 1.86. The van der Waals surface area contributed by atoms with Gasteiger partial charge < -0.3 is 4.42 Å². The molecule has 0 fully saturated rings. The zero-order chi connectivity index (χ0) is 13.7. The summed E-state index contributed by atoms with van der Waals surface area (Å²) in [6, 6.07) is 10.2. The van der Waals surface area contributed by atoms with Crippen LogP contribution < -0.4 is 4.72 Å². The second-order valence-corrected chi connectivity index (χ2v) is 6.72. The summed E-state index contributed by atoms with van der Waals surface area (Å²) in [7, 11) is -3.42. The first-order valence-corrected chi connectivity index (χ1v) is 8.13. The van der Waals surface area contributed by atoms with E-state index in [9.17, 15) is 8.42 Å². The minimum absolute atomic E-state index is 0.272. The lowest BCUT2D eigenvalue weighted by atomic mass is 10.2. The Bertz CT molecular complexity index is 606. The molecule has 0 aliphatic heterocycles. The van der Waals surface area contributed by atoms with Crippen LogP contribution in [0, 0.1) is 0 Å². The maximum absolute atomic E-state index is 12.0. The predicted octanol–water partition coefficient (Wildman–Crippen LogP) is 2.95. The fourth-order valence-corrected chi connectivity index (χ4v) is 2.96. The Hall–Kier alpha value is -1.11. The first-order valence-electron chi connectivity index (χ1n) is 5.85. The highest BCUT2D eigenvalue weighted by Gasteiger charge is 2.12. The molecule has 1 aromatic heterocycles. The third-order valence-electron chi connectivity index (χ3n) is 2.60. The monoisotopic (exact) mass is 343 g/mol. The third-order valence-corrected chi connectivity index (χ3v) is 4.60. The number of hydrogen-bond donors (Lipinski definition) is 1. The molecule has 0 aliphatic carbocycles. The highest BCUT2D eigenvalue weighted by atomic mass is 79.9. The first-order chi connectivity index (χ1) is 9.08. The van der Waals surface area contributed by atoms with Crippen molar-refractivity contribution < 1.29 is 12.8 Å². The van der Waals surface area contributed by atoms with Crippen molar-refractivity contribution in [2.24, 2.45) is 0 Å². The third kappa shape index (κ3) is 4.19. The van der Waals surface area contributed by atoms with Gasteiger partial charge in [0, 0.05) is 17.4 Å². The number of aryl methyl sites for hydroxylation is 1. The van der Waals surface area contributed by atoms with Crippen molar-refractivity contribution in [3.05, 3.63) is 52.9 Å². The Morgan fingerprint density at radius 2 is 1.89 bits per heavy atom. The van der Waals surface area contributed by atoms with E-state index in [2.05, 4.69) is 20.7 Å². The highest BCUT2D eigenvalue weighted by molar-refractivity contribution is 9.10. The van der Waals surface area contributed by atoms with E-state index in [1.807, 2.05) is 12.1 Å². The lowest BCUT2D eigenvalue weighted by Crippen LogP contribution is -2.25. The van der Waals surface area contributed by atoms with Crippen LogP contribution >= 0.6 is 15.9 Å². The molecular weight excluding hydrogens is 330 g/mol. The molecule has 0 saturated carbocycles. The second-order valence-electron chi connectivity index (χ2n) is 4.03. The fraction of sp³-hybridized carbons (Fsp3) is 0.231. The van der Waals surface area contributed by atoms with Gasteiger partial charge >= 0.3 is 0 Å². The number of rotatable bonds is 6. The van der Waals surface area contributed by atoms with E-state index in [1.165, 1.54) is 0 Å². The van der Waals surface area contributed by atoms with Crippen LogP contribution in [0.3, 0.4) is 0 Å². The molecule has 1 heterocycles. The van der Waals surface area contributed by atoms with Crippen LogP contribution in [-0.2, 0) is 16.4 Å². The molecule has 1 aromatic carbocycles. The lowest BCUT2D eigenvalue weighted by Gasteiger charge is -2.06. The molecule has 19 heavy (non-hydrogen) atoms. The minimum atomic E-state index is -3.42. The van der Waals surface area contributed by atoms with Crippen LogP contribution in [0.5, 0.6) is 0 Å². The van der Waals surface area contributed by atoms with Crippen molar-refractivity contribution in [1.29, 1.82) is 0 Å². The summed E-state index contributed by atoms with van der Waals surface area (Å²) >= 11 is 3.27. The van der Waals surface area contributed by atoms with E-state index < -0.39 is 10.0 Å². The van der Waals surface area contributed by atoms with E-state index in [0.29, 0.717) is 13.0 Å². The number of hydrogen-bond acceptors (Lipinski definition) is 3. The normalized spacial score (nSPS) is 11.6. The van der Waals surface area contributed by atoms with Crippen molar-refractivity contribution in [2.75, 3.05) is 6.54 Å². The van der Waals surface area contributed by atoms with Crippen molar-refractivity contribution in [2.45, 2.75) is 17.7 Å². The highest BCUT2D eigenvalue weighted by Crippen LogP contribution is 2.14. The molecule has 0 spiro atoms. The largest absolute Gasteiger partial charge is 0.469 e. The maximum Gasteiger partial charge on any atom is 0.240 e. The van der Waals surface area contributed by atoms with E-state index in [-0.39, 0.29) is 4.90 Å². The molecule has 1 N–H and O–H groups in total. The maximum atomic E-state index is 12.0. The van der Waals surface area contributed by atoms with E-state index in [4.69, 9.17) is 4.42 Å². The van der Waals surface area contributed by atoms with Crippen molar-refractivity contribution in [3.8, 4) is 0 Å². The molecule has 0 atom stereocenters. The Kier molecular flexibility index (Phi) is 4.79. The number of sulfonamides is 1. The number of halogens is 1. The van der Waals surface area contributed by atoms with Crippen molar-refractivity contribution in [3.63, 3.8) is 0 Å². The fourth-order valence-electron chi connectivity index (χ4n) is 1.62. The summed E-state index contributed by atoms with van der Waals surface area (Å²) in [4.78, 5) is 0.272. The van der Waals surface area contributed by atoms with Crippen LogP contribution in [0.1, 0.15) is 12.2 Å². The second kappa shape index (κ2) is 6.36. The summed E-state index contributed by atoms with van der Waals surface area (Å²) in [6.07, 6.45) is 3.03. The van der Waals surface area contributed by atoms with E-state index in [0.717, 1.165) is 16.7 Å². The minimum Gasteiger partial charge on any atom is -0.469 e. The molecule has 0 bridgehead atoms. The molecule has 0 unspecified atom stereocenters. The molecule has 0 amide bonds. The average molecular weight is 344 g/mol. The standard InChI is InChI=1S/C13H14BrNO3S/c14-11-5-7-13(8-6-11)19(16,17)15-9-1-3-12-4-2-10-18-12/h2,4-8,10,15H,1,3,9H2. The van der Waals surface area contributed by atoms with Gasteiger partial charge in [-0.1, -0.05) is 15.9 Å². The topological polar surface area (TPSA) is 59.3 Å². The van der Waals surface area contributed by atoms with Gasteiger partial charge in [0.25, 0.3) is 0 Å². The van der Waals surface area contributed by atoms with Crippen LogP contribution in [0.2, 0.25) is 0 Å². The lowest BCUT2D eigenvalue weighted by molar-refractivity contribution is 0.500. The molecule has 2 aromatic rings. The predicted molar refractivity (Wildman–Crippen MR) is 76.4 cm³/mol. The first kappa shape index (κ1) is 14.3. The van der Waals surface area contributed by atoms with Gasteiger partial charge in [0.15, 0.2) is 0 Å². The van der Waals surface area contributed by atoms with Gasteiger partial charge in [0.05, 0.1) is 11.2 Å². The van der Waals surface area contributed by atoms with Gasteiger partial charge in [-0.15, -0.1) is 0 Å². The Morgan fingerprint density at radius 1 is 1.16 bits per heavy atom.